The molecule has 2 N–H and O–H groups in total. The molecule has 3 rings (SSSR count). The van der Waals surface area contributed by atoms with Crippen LogP contribution < -0.4 is 10.6 Å². The Balaban J connectivity index is 1.97. The lowest BCUT2D eigenvalue weighted by Gasteiger charge is -2.21. The molecule has 0 aliphatic heterocycles. The van der Waals surface area contributed by atoms with Crippen molar-refractivity contribution in [3.8, 4) is 0 Å². The minimum Gasteiger partial charge on any atom is -0.355 e. The van der Waals surface area contributed by atoms with E-state index in [-0.39, 0.29) is 0 Å². The van der Waals surface area contributed by atoms with Crippen molar-refractivity contribution in [1.82, 2.24) is 9.38 Å². The molecule has 0 saturated heterocycles. The summed E-state index contributed by atoms with van der Waals surface area (Å²) in [4.78, 5) is 8.15. The van der Waals surface area contributed by atoms with Crippen molar-refractivity contribution in [2.24, 2.45) is 11.7 Å². The molecule has 0 spiro atoms. The van der Waals surface area contributed by atoms with E-state index in [1.54, 1.807) is 11.3 Å². The first kappa shape index (κ1) is 11.0. The highest BCUT2D eigenvalue weighted by atomic mass is 32.1. The Morgan fingerprint density at radius 1 is 1.59 bits per heavy atom. The molecule has 2 heterocycles. The van der Waals surface area contributed by atoms with Crippen LogP contribution >= 0.6 is 11.3 Å². The van der Waals surface area contributed by atoms with Crippen LogP contribution in [0.1, 0.15) is 25.5 Å². The number of fused-ring (bicyclic) bond motifs is 1. The summed E-state index contributed by atoms with van der Waals surface area (Å²) in [5.41, 5.74) is 7.02. The van der Waals surface area contributed by atoms with Crippen LogP contribution in [0.15, 0.2) is 11.6 Å². The first-order valence-corrected chi connectivity index (χ1v) is 7.11. The molecule has 0 amide bonds. The van der Waals surface area contributed by atoms with Crippen LogP contribution in [0.4, 0.5) is 5.82 Å². The molecule has 1 fully saturated rings. The minimum absolute atomic E-state index is 0.550. The summed E-state index contributed by atoms with van der Waals surface area (Å²) in [6.45, 7) is 4.88. The standard InChI is InChI=1S/C12H18N4S/c1-2-15(8-9-3-4-9)11-10(7-13)16-5-6-17-12(16)14-11/h5-6,9H,2-4,7-8,13H2,1H3. The molecular formula is C12H18N4S. The smallest absolute Gasteiger partial charge is 0.195 e. The first-order valence-electron chi connectivity index (χ1n) is 6.23. The number of nitrogens with zero attached hydrogens (tertiary/aromatic N) is 3. The summed E-state index contributed by atoms with van der Waals surface area (Å²) < 4.78 is 2.12. The van der Waals surface area contributed by atoms with Gasteiger partial charge in [-0.05, 0) is 25.7 Å². The molecule has 92 valence electrons. The van der Waals surface area contributed by atoms with Crippen molar-refractivity contribution in [3.05, 3.63) is 17.3 Å². The SMILES string of the molecule is CCN(CC1CC1)c1nc2sccn2c1CN. The van der Waals surface area contributed by atoms with Gasteiger partial charge in [0.25, 0.3) is 0 Å². The van der Waals surface area contributed by atoms with E-state index in [9.17, 15) is 0 Å². The third-order valence-electron chi connectivity index (χ3n) is 3.39. The minimum atomic E-state index is 0.550. The Hall–Kier alpha value is -1.07. The molecular weight excluding hydrogens is 232 g/mol. The fourth-order valence-corrected chi connectivity index (χ4v) is 2.97. The van der Waals surface area contributed by atoms with Gasteiger partial charge in [0.1, 0.15) is 0 Å². The molecule has 1 aliphatic carbocycles. The van der Waals surface area contributed by atoms with E-state index in [2.05, 4.69) is 27.8 Å². The quantitative estimate of drug-likeness (QED) is 0.884. The lowest BCUT2D eigenvalue weighted by molar-refractivity contribution is 0.728. The highest BCUT2D eigenvalue weighted by Crippen LogP contribution is 2.32. The second-order valence-electron chi connectivity index (χ2n) is 4.62. The fraction of sp³-hybridized carbons (Fsp3) is 0.583. The van der Waals surface area contributed by atoms with Gasteiger partial charge in [0.2, 0.25) is 0 Å². The van der Waals surface area contributed by atoms with E-state index in [1.807, 2.05) is 0 Å². The maximum atomic E-state index is 5.88. The van der Waals surface area contributed by atoms with Gasteiger partial charge < -0.3 is 10.6 Å². The Bertz CT molecular complexity index is 512. The van der Waals surface area contributed by atoms with Crippen LogP contribution in [0, 0.1) is 5.92 Å². The van der Waals surface area contributed by atoms with Gasteiger partial charge in [-0.3, -0.25) is 4.40 Å². The zero-order valence-corrected chi connectivity index (χ0v) is 10.9. The van der Waals surface area contributed by atoms with Gasteiger partial charge in [-0.15, -0.1) is 11.3 Å². The number of imidazole rings is 1. The van der Waals surface area contributed by atoms with Crippen LogP contribution in [-0.4, -0.2) is 22.5 Å². The summed E-state index contributed by atoms with van der Waals surface area (Å²) in [6.07, 6.45) is 4.80. The largest absolute Gasteiger partial charge is 0.355 e. The number of hydrogen-bond donors (Lipinski definition) is 1. The molecule has 17 heavy (non-hydrogen) atoms. The summed E-state index contributed by atoms with van der Waals surface area (Å²) in [6, 6.07) is 0. The number of nitrogens with two attached hydrogens (primary N) is 1. The molecule has 1 aliphatic rings. The van der Waals surface area contributed by atoms with E-state index in [0.29, 0.717) is 6.54 Å². The lowest BCUT2D eigenvalue weighted by Crippen LogP contribution is -2.27. The Kier molecular flexibility index (Phi) is 2.80. The summed E-state index contributed by atoms with van der Waals surface area (Å²) in [7, 11) is 0. The topological polar surface area (TPSA) is 46.6 Å². The molecule has 5 heteroatoms. The van der Waals surface area contributed by atoms with Crippen LogP contribution in [0.2, 0.25) is 0 Å². The second-order valence-corrected chi connectivity index (χ2v) is 5.50. The molecule has 0 atom stereocenters. The van der Waals surface area contributed by atoms with E-state index in [0.717, 1.165) is 35.5 Å². The molecule has 0 aromatic carbocycles. The van der Waals surface area contributed by atoms with Gasteiger partial charge in [0, 0.05) is 31.2 Å². The van der Waals surface area contributed by atoms with Crippen molar-refractivity contribution >= 4 is 22.1 Å². The van der Waals surface area contributed by atoms with E-state index < -0.39 is 0 Å². The number of thiazole rings is 1. The molecule has 2 aromatic rings. The number of hydrogen-bond acceptors (Lipinski definition) is 4. The fourth-order valence-electron chi connectivity index (χ4n) is 2.24. The third kappa shape index (κ3) is 1.93. The van der Waals surface area contributed by atoms with E-state index in [1.165, 1.54) is 12.8 Å². The van der Waals surface area contributed by atoms with Crippen molar-refractivity contribution in [2.75, 3.05) is 18.0 Å². The van der Waals surface area contributed by atoms with Gasteiger partial charge in [-0.25, -0.2) is 4.98 Å². The van der Waals surface area contributed by atoms with Crippen molar-refractivity contribution in [1.29, 1.82) is 0 Å². The average Bonchev–Trinajstić information content (AvgIpc) is 2.92. The third-order valence-corrected chi connectivity index (χ3v) is 4.15. The predicted molar refractivity (Wildman–Crippen MR) is 71.6 cm³/mol. The molecule has 2 aromatic heterocycles. The van der Waals surface area contributed by atoms with Gasteiger partial charge in [-0.2, -0.15) is 0 Å². The summed E-state index contributed by atoms with van der Waals surface area (Å²) >= 11 is 1.67. The zero-order chi connectivity index (χ0) is 11.8. The molecule has 4 nitrogen and oxygen atoms in total. The maximum Gasteiger partial charge on any atom is 0.195 e. The highest BCUT2D eigenvalue weighted by molar-refractivity contribution is 7.15. The molecule has 0 bridgehead atoms. The monoisotopic (exact) mass is 250 g/mol. The molecule has 0 radical (unpaired) electrons. The van der Waals surface area contributed by atoms with Crippen LogP contribution in [0.25, 0.3) is 4.96 Å². The van der Waals surface area contributed by atoms with E-state index in [4.69, 9.17) is 10.7 Å². The van der Waals surface area contributed by atoms with Crippen molar-refractivity contribution in [2.45, 2.75) is 26.3 Å². The normalized spacial score (nSPS) is 15.6. The van der Waals surface area contributed by atoms with Crippen LogP contribution in [-0.2, 0) is 6.54 Å². The van der Waals surface area contributed by atoms with Gasteiger partial charge in [-0.1, -0.05) is 0 Å². The predicted octanol–water partition coefficient (Wildman–Crippen LogP) is 2.09. The van der Waals surface area contributed by atoms with Gasteiger partial charge in [0.05, 0.1) is 5.69 Å². The number of aromatic nitrogens is 2. The van der Waals surface area contributed by atoms with Crippen molar-refractivity contribution in [3.63, 3.8) is 0 Å². The van der Waals surface area contributed by atoms with Crippen LogP contribution in [0.3, 0.4) is 0 Å². The Morgan fingerprint density at radius 2 is 2.41 bits per heavy atom. The average molecular weight is 250 g/mol. The van der Waals surface area contributed by atoms with Crippen molar-refractivity contribution < 1.29 is 0 Å². The van der Waals surface area contributed by atoms with E-state index >= 15 is 0 Å². The van der Waals surface area contributed by atoms with Gasteiger partial charge >= 0.3 is 0 Å². The lowest BCUT2D eigenvalue weighted by atomic mass is 10.3. The Morgan fingerprint density at radius 3 is 3.06 bits per heavy atom. The maximum absolute atomic E-state index is 5.88. The Labute approximate surface area is 105 Å². The molecule has 0 unspecified atom stereocenters. The number of anilines is 1. The summed E-state index contributed by atoms with van der Waals surface area (Å²) in [5, 5.41) is 2.06. The van der Waals surface area contributed by atoms with Gasteiger partial charge in [0.15, 0.2) is 10.8 Å². The highest BCUT2D eigenvalue weighted by Gasteiger charge is 2.26. The number of rotatable bonds is 5. The molecule has 1 saturated carbocycles. The second kappa shape index (κ2) is 4.31. The summed E-state index contributed by atoms with van der Waals surface area (Å²) in [5.74, 6) is 1.97. The zero-order valence-electron chi connectivity index (χ0n) is 10.1. The first-order chi connectivity index (χ1) is 8.33. The van der Waals surface area contributed by atoms with Crippen LogP contribution in [0.5, 0.6) is 0 Å².